The minimum atomic E-state index is -0.230. The Morgan fingerprint density at radius 1 is 1.17 bits per heavy atom. The van der Waals surface area contributed by atoms with Crippen molar-refractivity contribution in [2.45, 2.75) is 44.3 Å². The molecule has 2 N–H and O–H groups in total. The predicted octanol–water partition coefficient (Wildman–Crippen LogP) is 2.44. The Hall–Kier alpha value is -1.10. The summed E-state index contributed by atoms with van der Waals surface area (Å²) in [5.74, 6) is 0.0293. The van der Waals surface area contributed by atoms with Crippen molar-refractivity contribution in [2.24, 2.45) is 11.7 Å². The van der Waals surface area contributed by atoms with E-state index in [9.17, 15) is 4.79 Å². The molecule has 2 saturated heterocycles. The van der Waals surface area contributed by atoms with E-state index in [1.54, 1.807) is 0 Å². The summed E-state index contributed by atoms with van der Waals surface area (Å²) in [5.41, 5.74) is 7.37. The highest BCUT2D eigenvalue weighted by atomic mass is 35.5. The molecular formula is C18H28ClN3O. The van der Waals surface area contributed by atoms with Crippen LogP contribution in [0.4, 0.5) is 0 Å². The molecule has 2 aliphatic rings. The van der Waals surface area contributed by atoms with Gasteiger partial charge in [0, 0.05) is 31.2 Å². The van der Waals surface area contributed by atoms with E-state index in [4.69, 9.17) is 5.73 Å². The van der Waals surface area contributed by atoms with Crippen molar-refractivity contribution in [3.05, 3.63) is 35.9 Å². The lowest BCUT2D eigenvalue weighted by molar-refractivity contribution is -0.136. The molecule has 0 saturated carbocycles. The first-order valence-electron chi connectivity index (χ1n) is 8.39. The van der Waals surface area contributed by atoms with Gasteiger partial charge in [-0.2, -0.15) is 0 Å². The SMILES string of the molecule is CC(C(=O)N1CCC2CCC(C1)N2C)C(N)c1ccccc1.Cl. The van der Waals surface area contributed by atoms with Gasteiger partial charge in [-0.3, -0.25) is 9.69 Å². The number of hydrogen-bond donors (Lipinski definition) is 1. The molecule has 128 valence electrons. The van der Waals surface area contributed by atoms with Crippen LogP contribution in [0.3, 0.4) is 0 Å². The van der Waals surface area contributed by atoms with Crippen LogP contribution < -0.4 is 5.73 Å². The van der Waals surface area contributed by atoms with Crippen molar-refractivity contribution in [1.82, 2.24) is 9.80 Å². The summed E-state index contributed by atoms with van der Waals surface area (Å²) in [6.07, 6.45) is 3.58. The van der Waals surface area contributed by atoms with Crippen LogP contribution in [-0.4, -0.2) is 47.9 Å². The minimum Gasteiger partial charge on any atom is -0.341 e. The molecule has 0 radical (unpaired) electrons. The Kier molecular flexibility index (Phi) is 6.06. The molecule has 0 aliphatic carbocycles. The quantitative estimate of drug-likeness (QED) is 0.921. The zero-order valence-electron chi connectivity index (χ0n) is 14.0. The lowest BCUT2D eigenvalue weighted by Gasteiger charge is -2.30. The second kappa shape index (κ2) is 7.65. The topological polar surface area (TPSA) is 49.6 Å². The molecule has 4 atom stereocenters. The fourth-order valence-corrected chi connectivity index (χ4v) is 3.91. The fourth-order valence-electron chi connectivity index (χ4n) is 3.91. The largest absolute Gasteiger partial charge is 0.341 e. The maximum absolute atomic E-state index is 12.9. The van der Waals surface area contributed by atoms with Crippen molar-refractivity contribution in [3.63, 3.8) is 0 Å². The van der Waals surface area contributed by atoms with Gasteiger partial charge in [0.2, 0.25) is 5.91 Å². The minimum absolute atomic E-state index is 0. The smallest absolute Gasteiger partial charge is 0.227 e. The zero-order valence-corrected chi connectivity index (χ0v) is 14.8. The van der Waals surface area contributed by atoms with Crippen LogP contribution in [0.1, 0.15) is 37.8 Å². The molecular weight excluding hydrogens is 310 g/mol. The number of halogens is 1. The molecule has 2 heterocycles. The van der Waals surface area contributed by atoms with E-state index in [0.717, 1.165) is 25.1 Å². The van der Waals surface area contributed by atoms with E-state index in [1.807, 2.05) is 42.2 Å². The Morgan fingerprint density at radius 3 is 2.52 bits per heavy atom. The average Bonchev–Trinajstić information content (AvgIpc) is 2.79. The van der Waals surface area contributed by atoms with Crippen molar-refractivity contribution >= 4 is 18.3 Å². The maximum Gasteiger partial charge on any atom is 0.227 e. The van der Waals surface area contributed by atoms with Crippen LogP contribution in [0.15, 0.2) is 30.3 Å². The third-order valence-electron chi connectivity index (χ3n) is 5.57. The number of amides is 1. The summed E-state index contributed by atoms with van der Waals surface area (Å²) in [4.78, 5) is 17.4. The Morgan fingerprint density at radius 2 is 1.83 bits per heavy atom. The van der Waals surface area contributed by atoms with Gasteiger partial charge in [0.1, 0.15) is 0 Å². The molecule has 2 fully saturated rings. The van der Waals surface area contributed by atoms with Crippen molar-refractivity contribution < 1.29 is 4.79 Å². The van der Waals surface area contributed by atoms with Crippen LogP contribution in [0.5, 0.6) is 0 Å². The van der Waals surface area contributed by atoms with E-state index in [2.05, 4.69) is 11.9 Å². The first-order valence-corrected chi connectivity index (χ1v) is 8.39. The average molecular weight is 338 g/mol. The van der Waals surface area contributed by atoms with Crippen molar-refractivity contribution in [3.8, 4) is 0 Å². The van der Waals surface area contributed by atoms with Gasteiger partial charge in [0.25, 0.3) is 0 Å². The normalized spacial score (nSPS) is 27.0. The first-order chi connectivity index (χ1) is 10.6. The number of likely N-dealkylation sites (N-methyl/N-ethyl adjacent to an activating group) is 1. The molecule has 23 heavy (non-hydrogen) atoms. The Balaban J connectivity index is 0.00000192. The highest BCUT2D eigenvalue weighted by molar-refractivity contribution is 5.85. The van der Waals surface area contributed by atoms with Gasteiger partial charge in [-0.25, -0.2) is 0 Å². The lowest BCUT2D eigenvalue weighted by Crippen LogP contribution is -2.44. The van der Waals surface area contributed by atoms with Gasteiger partial charge in [0.15, 0.2) is 0 Å². The molecule has 3 rings (SSSR count). The summed E-state index contributed by atoms with van der Waals surface area (Å²) in [6.45, 7) is 3.70. The number of benzene rings is 1. The van der Waals surface area contributed by atoms with E-state index >= 15 is 0 Å². The lowest BCUT2D eigenvalue weighted by atomic mass is 9.93. The first kappa shape index (κ1) is 18.2. The van der Waals surface area contributed by atoms with E-state index in [0.29, 0.717) is 12.1 Å². The highest BCUT2D eigenvalue weighted by Crippen LogP contribution is 2.30. The highest BCUT2D eigenvalue weighted by Gasteiger charge is 2.37. The van der Waals surface area contributed by atoms with Gasteiger partial charge in [0.05, 0.1) is 5.92 Å². The molecule has 0 spiro atoms. The van der Waals surface area contributed by atoms with Crippen LogP contribution in [0.25, 0.3) is 0 Å². The van der Waals surface area contributed by atoms with Crippen LogP contribution >= 0.6 is 12.4 Å². The Labute approximate surface area is 145 Å². The standard InChI is InChI=1S/C18H27N3O.ClH/c1-13(17(19)14-6-4-3-5-7-14)18(22)21-11-10-15-8-9-16(12-21)20(15)2;/h3-7,13,15-17H,8-12,19H2,1-2H3;1H. The second-order valence-corrected chi connectivity index (χ2v) is 6.85. The molecule has 1 aromatic rings. The fraction of sp³-hybridized carbons (Fsp3) is 0.611. The molecule has 4 unspecified atom stereocenters. The summed E-state index contributed by atoms with van der Waals surface area (Å²) < 4.78 is 0. The molecule has 2 aliphatic heterocycles. The van der Waals surface area contributed by atoms with Crippen LogP contribution in [-0.2, 0) is 4.79 Å². The van der Waals surface area contributed by atoms with Crippen LogP contribution in [0.2, 0.25) is 0 Å². The molecule has 2 bridgehead atoms. The number of rotatable bonds is 3. The third kappa shape index (κ3) is 3.70. The number of likely N-dealkylation sites (tertiary alicyclic amines) is 1. The predicted molar refractivity (Wildman–Crippen MR) is 95.6 cm³/mol. The molecule has 0 aromatic heterocycles. The molecule has 5 heteroatoms. The number of carbonyl (C=O) groups is 1. The third-order valence-corrected chi connectivity index (χ3v) is 5.57. The van der Waals surface area contributed by atoms with E-state index in [-0.39, 0.29) is 30.3 Å². The van der Waals surface area contributed by atoms with Crippen LogP contribution in [0, 0.1) is 5.92 Å². The monoisotopic (exact) mass is 337 g/mol. The van der Waals surface area contributed by atoms with Crippen molar-refractivity contribution in [1.29, 1.82) is 0 Å². The molecule has 1 amide bonds. The number of fused-ring (bicyclic) bond motifs is 2. The zero-order chi connectivity index (χ0) is 15.7. The van der Waals surface area contributed by atoms with Gasteiger partial charge < -0.3 is 10.6 Å². The van der Waals surface area contributed by atoms with Gasteiger partial charge in [-0.1, -0.05) is 37.3 Å². The van der Waals surface area contributed by atoms with Gasteiger partial charge in [-0.05, 0) is 31.9 Å². The van der Waals surface area contributed by atoms with Gasteiger partial charge >= 0.3 is 0 Å². The Bertz CT molecular complexity index is 524. The van der Waals surface area contributed by atoms with E-state index in [1.165, 1.54) is 12.8 Å². The van der Waals surface area contributed by atoms with Gasteiger partial charge in [-0.15, -0.1) is 12.4 Å². The second-order valence-electron chi connectivity index (χ2n) is 6.85. The van der Waals surface area contributed by atoms with Crippen molar-refractivity contribution in [2.75, 3.05) is 20.1 Å². The maximum atomic E-state index is 12.9. The summed E-state index contributed by atoms with van der Waals surface area (Å²) in [6, 6.07) is 10.9. The number of hydrogen-bond acceptors (Lipinski definition) is 3. The molecule has 1 aromatic carbocycles. The number of carbonyl (C=O) groups excluding carboxylic acids is 1. The number of nitrogens with two attached hydrogens (primary N) is 1. The summed E-state index contributed by atoms with van der Waals surface area (Å²) in [7, 11) is 2.20. The summed E-state index contributed by atoms with van der Waals surface area (Å²) in [5, 5.41) is 0. The number of nitrogens with zero attached hydrogens (tertiary/aromatic N) is 2. The van der Waals surface area contributed by atoms with E-state index < -0.39 is 0 Å². The summed E-state index contributed by atoms with van der Waals surface area (Å²) >= 11 is 0. The molecule has 4 nitrogen and oxygen atoms in total.